The predicted octanol–water partition coefficient (Wildman–Crippen LogP) is 5.80. The summed E-state index contributed by atoms with van der Waals surface area (Å²) in [6, 6.07) is 9.42. The summed E-state index contributed by atoms with van der Waals surface area (Å²) in [6.07, 6.45) is 1.63. The molecule has 4 aliphatic rings. The molecule has 4 amide bonds. The number of imide groups is 2. The summed E-state index contributed by atoms with van der Waals surface area (Å²) in [5.41, 5.74) is -0.360. The van der Waals surface area contributed by atoms with Crippen molar-refractivity contribution in [3.8, 4) is 0 Å². The van der Waals surface area contributed by atoms with Crippen molar-refractivity contribution in [3.05, 3.63) is 94.2 Å². The van der Waals surface area contributed by atoms with Crippen LogP contribution in [-0.2, 0) is 32.2 Å². The normalized spacial score (nSPS) is 29.7. The summed E-state index contributed by atoms with van der Waals surface area (Å²) in [4.78, 5) is 51.6. The molecule has 48 heavy (non-hydrogen) atoms. The van der Waals surface area contributed by atoms with Crippen LogP contribution in [0.2, 0.25) is 0 Å². The number of furan rings is 1. The minimum absolute atomic E-state index is 0.0101. The van der Waals surface area contributed by atoms with E-state index in [-0.39, 0.29) is 28.4 Å². The largest absolute Gasteiger partial charge is 0.463 e. The molecule has 0 spiro atoms. The molecule has 0 bridgehead atoms. The molecule has 3 aromatic rings. The third kappa shape index (κ3) is 4.04. The molecule has 2 saturated heterocycles. The lowest BCUT2D eigenvalue weighted by Gasteiger charge is -2.49. The van der Waals surface area contributed by atoms with Crippen molar-refractivity contribution in [1.29, 1.82) is 0 Å². The van der Waals surface area contributed by atoms with Crippen molar-refractivity contribution in [2.45, 2.75) is 48.5 Å². The Hall–Kier alpha value is -4.07. The van der Waals surface area contributed by atoms with E-state index in [0.717, 1.165) is 10.5 Å². The first-order valence-electron chi connectivity index (χ1n) is 14.9. The lowest BCUT2D eigenvalue weighted by atomic mass is 9.57. The van der Waals surface area contributed by atoms with Gasteiger partial charge in [-0.2, -0.15) is 0 Å². The second kappa shape index (κ2) is 11.0. The summed E-state index contributed by atoms with van der Waals surface area (Å²) >= 11 is 14.1. The number of fused-ring (bicyclic) bond motifs is 4. The molecule has 3 heterocycles. The van der Waals surface area contributed by atoms with Crippen LogP contribution in [0, 0.1) is 46.8 Å². The van der Waals surface area contributed by atoms with E-state index in [1.165, 1.54) is 12.1 Å². The van der Waals surface area contributed by atoms with Crippen molar-refractivity contribution in [2.75, 3.05) is 9.80 Å². The zero-order chi connectivity index (χ0) is 34.6. The molecule has 1 N–H and O–H groups in total. The van der Waals surface area contributed by atoms with Crippen LogP contribution >= 0.6 is 23.2 Å². The Bertz CT molecular complexity index is 1960. The third-order valence-electron chi connectivity index (χ3n) is 9.95. The number of amides is 4. The number of anilines is 2. The number of alkyl halides is 2. The Kier molecular flexibility index (Phi) is 7.43. The Balaban J connectivity index is 1.40. The van der Waals surface area contributed by atoms with E-state index in [2.05, 4.69) is 0 Å². The number of carbonyl (C=O) groups is 4. The van der Waals surface area contributed by atoms with Gasteiger partial charge in [0.15, 0.2) is 33.0 Å². The van der Waals surface area contributed by atoms with Gasteiger partial charge in [0.05, 0.1) is 23.4 Å². The van der Waals surface area contributed by atoms with Crippen LogP contribution in [0.25, 0.3) is 0 Å². The Morgan fingerprint density at radius 2 is 1.46 bits per heavy atom. The molecule has 2 aromatic carbocycles. The number of benzene rings is 2. The van der Waals surface area contributed by atoms with Crippen molar-refractivity contribution >= 4 is 58.2 Å². The van der Waals surface area contributed by atoms with Gasteiger partial charge < -0.3 is 9.52 Å². The molecule has 0 radical (unpaired) electrons. The van der Waals surface area contributed by atoms with Crippen LogP contribution in [-0.4, -0.2) is 38.5 Å². The van der Waals surface area contributed by atoms with E-state index in [4.69, 9.17) is 27.6 Å². The monoisotopic (exact) mass is 708 g/mol. The maximum absolute atomic E-state index is 15.1. The average molecular weight is 709 g/mol. The third-order valence-corrected chi connectivity index (χ3v) is 11.4. The summed E-state index contributed by atoms with van der Waals surface area (Å²) in [6.45, 7) is 1.33. The van der Waals surface area contributed by atoms with Gasteiger partial charge in [-0.25, -0.2) is 26.9 Å². The molecule has 1 aromatic heterocycles. The Morgan fingerprint density at radius 3 is 2.04 bits per heavy atom. The van der Waals surface area contributed by atoms with Gasteiger partial charge in [0, 0.05) is 0 Å². The van der Waals surface area contributed by atoms with Gasteiger partial charge in [-0.1, -0.05) is 30.7 Å². The van der Waals surface area contributed by atoms with Crippen LogP contribution in [0.3, 0.4) is 0 Å². The first-order valence-corrected chi connectivity index (χ1v) is 15.6. The topological polar surface area (TPSA) is 108 Å². The lowest BCUT2D eigenvalue weighted by Crippen LogP contribution is -2.60. The fraction of sp³-hybridized carbons (Fsp3) is 0.333. The standard InChI is InChI=1S/C33H23Cl2F5N2O6/c1-2-13-3-5-14(6-4-13)41-28(44)17-9-8-16-18(20(17)29(41)45)11-32(34)30(46)42(27-25(39)23(37)22(36)24(38)26(27)40)31(47)33(32,35)21(16)19-10-7-15(12-43)48-19/h3-8,10,17-18,20-21,43H,2,9,11-12H2,1H3/t17-,18+,20-,21+,32+,33-/m0/s1. The summed E-state index contributed by atoms with van der Waals surface area (Å²) < 4.78 is 78.6. The summed E-state index contributed by atoms with van der Waals surface area (Å²) in [5, 5.41) is 9.69. The van der Waals surface area contributed by atoms with Gasteiger partial charge in [-0.05, 0) is 55.0 Å². The zero-order valence-electron chi connectivity index (χ0n) is 24.7. The highest BCUT2D eigenvalue weighted by Gasteiger charge is 2.77. The number of rotatable bonds is 5. The fourth-order valence-electron chi connectivity index (χ4n) is 7.65. The van der Waals surface area contributed by atoms with Gasteiger partial charge in [0.1, 0.15) is 23.8 Å². The maximum Gasteiger partial charge on any atom is 0.258 e. The fourth-order valence-corrected chi connectivity index (χ4v) is 8.57. The van der Waals surface area contributed by atoms with Crippen LogP contribution in [0.4, 0.5) is 33.3 Å². The molecule has 6 atom stereocenters. The first kappa shape index (κ1) is 32.5. The highest BCUT2D eigenvalue weighted by atomic mass is 35.5. The molecule has 3 fully saturated rings. The van der Waals surface area contributed by atoms with E-state index >= 15 is 8.78 Å². The summed E-state index contributed by atoms with van der Waals surface area (Å²) in [7, 11) is 0. The highest BCUT2D eigenvalue weighted by molar-refractivity contribution is 6.58. The number of nitrogens with zero attached hydrogens (tertiary/aromatic N) is 2. The Morgan fingerprint density at radius 1 is 0.833 bits per heavy atom. The van der Waals surface area contributed by atoms with Gasteiger partial charge in [-0.3, -0.25) is 24.1 Å². The Labute approximate surface area is 278 Å². The van der Waals surface area contributed by atoms with Crippen molar-refractivity contribution in [1.82, 2.24) is 0 Å². The first-order chi connectivity index (χ1) is 22.7. The number of carbonyl (C=O) groups excluding carboxylic acids is 4. The van der Waals surface area contributed by atoms with Crippen molar-refractivity contribution in [3.63, 3.8) is 0 Å². The maximum atomic E-state index is 15.1. The molecule has 2 aliphatic carbocycles. The van der Waals surface area contributed by atoms with E-state index < -0.39 is 105 Å². The number of aliphatic hydroxyl groups is 1. The van der Waals surface area contributed by atoms with Crippen LogP contribution in [0.1, 0.15) is 42.8 Å². The van der Waals surface area contributed by atoms with Crippen LogP contribution in [0.15, 0.2) is 52.5 Å². The molecule has 8 nitrogen and oxygen atoms in total. The molecule has 250 valence electrons. The van der Waals surface area contributed by atoms with Gasteiger partial charge in [0.2, 0.25) is 17.6 Å². The van der Waals surface area contributed by atoms with Crippen LogP contribution < -0.4 is 9.80 Å². The number of hydrogen-bond donors (Lipinski definition) is 1. The van der Waals surface area contributed by atoms with E-state index in [9.17, 15) is 37.5 Å². The molecule has 7 rings (SSSR count). The van der Waals surface area contributed by atoms with E-state index in [0.29, 0.717) is 12.1 Å². The second-order valence-electron chi connectivity index (χ2n) is 12.2. The average Bonchev–Trinajstić information content (AvgIpc) is 3.70. The molecular weight excluding hydrogens is 686 g/mol. The predicted molar refractivity (Wildman–Crippen MR) is 159 cm³/mol. The number of hydrogen-bond acceptors (Lipinski definition) is 6. The lowest BCUT2D eigenvalue weighted by molar-refractivity contribution is -0.125. The number of aryl methyl sites for hydroxylation is 1. The molecule has 0 unspecified atom stereocenters. The SMILES string of the molecule is CCc1ccc(N2C(=O)[C@H]3[C@H](CC=C4[C@H]3C[C@@]3(Cl)C(=O)N(c5c(F)c(F)c(F)c(F)c5F)C(=O)[C@@]3(Cl)[C@H]4c3ccc(CO)o3)C2=O)cc1. The molecule has 2 aliphatic heterocycles. The number of halogens is 7. The molecular formula is C33H23Cl2F5N2O6. The number of allylic oxidation sites excluding steroid dienone is 2. The second-order valence-corrected chi connectivity index (χ2v) is 13.4. The van der Waals surface area contributed by atoms with E-state index in [1.54, 1.807) is 30.3 Å². The summed E-state index contributed by atoms with van der Waals surface area (Å²) in [5.74, 6) is -21.5. The minimum Gasteiger partial charge on any atom is -0.463 e. The van der Waals surface area contributed by atoms with Crippen LogP contribution in [0.5, 0.6) is 0 Å². The smallest absolute Gasteiger partial charge is 0.258 e. The van der Waals surface area contributed by atoms with Gasteiger partial charge >= 0.3 is 0 Å². The zero-order valence-corrected chi connectivity index (χ0v) is 26.2. The van der Waals surface area contributed by atoms with Crippen molar-refractivity contribution in [2.24, 2.45) is 17.8 Å². The van der Waals surface area contributed by atoms with Gasteiger partial charge in [0.25, 0.3) is 11.8 Å². The molecule has 1 saturated carbocycles. The van der Waals surface area contributed by atoms with Gasteiger partial charge in [-0.15, -0.1) is 23.2 Å². The quantitative estimate of drug-likeness (QED) is 0.0897. The van der Waals surface area contributed by atoms with E-state index in [1.807, 2.05) is 6.92 Å². The number of aliphatic hydroxyl groups excluding tert-OH is 1. The highest BCUT2D eigenvalue weighted by Crippen LogP contribution is 2.66. The van der Waals surface area contributed by atoms with Crippen molar-refractivity contribution < 1.29 is 50.7 Å². The molecule has 15 heteroatoms. The minimum atomic E-state index is -2.70.